The smallest absolute Gasteiger partial charge is 0.155 e. The van der Waals surface area contributed by atoms with E-state index in [1.165, 1.54) is 96.3 Å². The molecule has 0 nitrogen and oxygen atoms in total. The van der Waals surface area contributed by atoms with E-state index in [0.717, 1.165) is 0 Å². The summed E-state index contributed by atoms with van der Waals surface area (Å²) in [6.07, 6.45) is 25.8. The summed E-state index contributed by atoms with van der Waals surface area (Å²) in [5, 5.41) is 2.48. The maximum Gasteiger partial charge on any atom is 0.376 e. The summed E-state index contributed by atoms with van der Waals surface area (Å²) in [5.74, 6) is 0. The lowest BCUT2D eigenvalue weighted by atomic mass is 9.93. The van der Waals surface area contributed by atoms with E-state index in [-0.39, 0.29) is 32.8 Å². The fourth-order valence-corrected chi connectivity index (χ4v) is 5.38. The first-order valence-corrected chi connectivity index (χ1v) is 14.6. The van der Waals surface area contributed by atoms with Crippen molar-refractivity contribution in [2.75, 3.05) is 0 Å². The molecule has 1 unspecified atom stereocenters. The van der Waals surface area contributed by atoms with Gasteiger partial charge in [0.25, 0.3) is 0 Å². The lowest BCUT2D eigenvalue weighted by Crippen LogP contribution is -2.27. The molecule has 0 radical (unpaired) electrons. The van der Waals surface area contributed by atoms with Crippen LogP contribution in [0, 0.1) is 0 Å². The third kappa shape index (κ3) is 14.6. The fourth-order valence-electron chi connectivity index (χ4n) is 4.13. The first kappa shape index (κ1) is 29.0. The van der Waals surface area contributed by atoms with Gasteiger partial charge in [-0.25, -0.2) is 0 Å². The highest BCUT2D eigenvalue weighted by atomic mass is 35.5. The molecule has 0 spiro atoms. The van der Waals surface area contributed by atoms with Crippen molar-refractivity contribution in [2.24, 2.45) is 0 Å². The van der Waals surface area contributed by atoms with Gasteiger partial charge in [0, 0.05) is 0 Å². The highest BCUT2D eigenvalue weighted by molar-refractivity contribution is 6.38. The van der Waals surface area contributed by atoms with E-state index in [2.05, 4.69) is 61.4 Å². The van der Waals surface area contributed by atoms with E-state index >= 15 is 0 Å². The lowest BCUT2D eigenvalue weighted by Gasteiger charge is -2.29. The van der Waals surface area contributed by atoms with Crippen LogP contribution in [-0.4, -0.2) is 20.4 Å². The van der Waals surface area contributed by atoms with Gasteiger partial charge in [-0.1, -0.05) is 133 Å². The van der Waals surface area contributed by atoms with E-state index in [9.17, 15) is 0 Å². The predicted octanol–water partition coefficient (Wildman–Crippen LogP) is 9.50. The van der Waals surface area contributed by atoms with Gasteiger partial charge in [-0.15, -0.1) is 16.0 Å². The summed E-state index contributed by atoms with van der Waals surface area (Å²) in [4.78, 5) is 0. The molecular formula is C27H47ClMg. The van der Waals surface area contributed by atoms with Crippen LogP contribution in [-0.2, 0) is 3.54 Å². The molecular weight excluding hydrogens is 384 g/mol. The first-order valence-electron chi connectivity index (χ1n) is 12.4. The van der Waals surface area contributed by atoms with Gasteiger partial charge in [0.2, 0.25) is 0 Å². The SMILES string of the molecule is CCCCCCCC/C=C\CCCCCCCC[C](C)([Mg][CH3])c1ccccc1.Cl. The van der Waals surface area contributed by atoms with Crippen molar-refractivity contribution in [3.05, 3.63) is 48.0 Å². The molecule has 0 fully saturated rings. The average molecular weight is 431 g/mol. The molecule has 0 bridgehead atoms. The summed E-state index contributed by atoms with van der Waals surface area (Å²) in [7, 11) is 0. The Morgan fingerprint density at radius 2 is 1.21 bits per heavy atom. The molecule has 0 heterocycles. The number of rotatable bonds is 18. The Hall–Kier alpha value is 0.0162. The van der Waals surface area contributed by atoms with Gasteiger partial charge < -0.3 is 0 Å². The quantitative estimate of drug-likeness (QED) is 0.123. The number of benzene rings is 1. The van der Waals surface area contributed by atoms with Crippen LogP contribution in [0.3, 0.4) is 0 Å². The maximum absolute atomic E-state index is 2.51. The summed E-state index contributed by atoms with van der Waals surface area (Å²) < 4.78 is 0.502. The molecule has 0 aliphatic heterocycles. The minimum Gasteiger partial charge on any atom is -0.155 e. The minimum absolute atomic E-state index is 0. The first-order chi connectivity index (χ1) is 13.7. The van der Waals surface area contributed by atoms with Gasteiger partial charge >= 0.3 is 20.4 Å². The number of hydrogen-bond donors (Lipinski definition) is 0. The topological polar surface area (TPSA) is 0 Å². The molecule has 0 saturated heterocycles. The van der Waals surface area contributed by atoms with Gasteiger partial charge in [0.05, 0.1) is 0 Å². The minimum atomic E-state index is -0.0402. The van der Waals surface area contributed by atoms with Crippen molar-refractivity contribution < 1.29 is 0 Å². The zero-order valence-corrected chi connectivity index (χ0v) is 22.0. The molecule has 164 valence electrons. The molecule has 1 atom stereocenters. The molecule has 0 N–H and O–H groups in total. The summed E-state index contributed by atoms with van der Waals surface area (Å²) in [6.45, 7) is 4.80. The summed E-state index contributed by atoms with van der Waals surface area (Å²) >= 11 is -0.0402. The zero-order valence-electron chi connectivity index (χ0n) is 19.8. The highest BCUT2D eigenvalue weighted by Gasteiger charge is 2.24. The maximum atomic E-state index is 2.51. The molecule has 0 saturated carbocycles. The van der Waals surface area contributed by atoms with Crippen LogP contribution in [0.4, 0.5) is 0 Å². The molecule has 1 aromatic carbocycles. The van der Waals surface area contributed by atoms with E-state index < -0.39 is 0 Å². The Morgan fingerprint density at radius 3 is 1.72 bits per heavy atom. The van der Waals surface area contributed by atoms with Crippen molar-refractivity contribution >= 4 is 32.8 Å². The van der Waals surface area contributed by atoms with Crippen LogP contribution >= 0.6 is 12.4 Å². The second-order valence-electron chi connectivity index (χ2n) is 8.97. The van der Waals surface area contributed by atoms with Crippen LogP contribution in [0.5, 0.6) is 0 Å². The summed E-state index contributed by atoms with van der Waals surface area (Å²) in [6, 6.07) is 11.2. The van der Waals surface area contributed by atoms with Gasteiger partial charge in [-0.2, -0.15) is 5.05 Å². The van der Waals surface area contributed by atoms with Gasteiger partial charge in [-0.05, 0) is 25.7 Å². The number of allylic oxidation sites excluding steroid dienone is 2. The van der Waals surface area contributed by atoms with E-state index in [1.54, 1.807) is 5.56 Å². The van der Waals surface area contributed by atoms with Crippen molar-refractivity contribution in [2.45, 2.75) is 119 Å². The monoisotopic (exact) mass is 430 g/mol. The number of unbranched alkanes of at least 4 members (excludes halogenated alkanes) is 12. The standard InChI is InChI=1S/C26H43.CH3.ClH.Mg/c1-3-4-5-6-7-8-9-10-11-12-13-14-15-16-17-19-22-25(2)26-23-20-18-21-24-26;;;/h10-11,18,20-21,23-24H,3-9,12-17,19,22H2,1-2H3;1H3;1H;/b11-10-;;;. The van der Waals surface area contributed by atoms with Crippen molar-refractivity contribution in [1.82, 2.24) is 0 Å². The molecule has 1 aromatic rings. The second-order valence-corrected chi connectivity index (χ2v) is 11.2. The molecule has 1 rings (SSSR count). The molecule has 0 amide bonds. The zero-order chi connectivity index (χ0) is 20.3. The third-order valence-electron chi connectivity index (χ3n) is 6.49. The fraction of sp³-hybridized carbons (Fsp3) is 0.704. The Balaban J connectivity index is 0.00000784. The van der Waals surface area contributed by atoms with Crippen LogP contribution in [0.25, 0.3) is 0 Å². The Morgan fingerprint density at radius 1 is 0.724 bits per heavy atom. The normalized spacial score (nSPS) is 13.1. The highest BCUT2D eigenvalue weighted by Crippen LogP contribution is 2.29. The Kier molecular flexibility index (Phi) is 20.0. The van der Waals surface area contributed by atoms with Crippen LogP contribution in [0.15, 0.2) is 42.5 Å². The number of hydrogen-bond acceptors (Lipinski definition) is 0. The Bertz CT molecular complexity index is 485. The molecule has 2 heteroatoms. The molecule has 0 aromatic heterocycles. The van der Waals surface area contributed by atoms with Gasteiger partial charge in [0.1, 0.15) is 0 Å². The van der Waals surface area contributed by atoms with Crippen LogP contribution < -0.4 is 0 Å². The molecule has 29 heavy (non-hydrogen) atoms. The van der Waals surface area contributed by atoms with Crippen LogP contribution in [0.1, 0.15) is 116 Å². The second kappa shape index (κ2) is 19.9. The van der Waals surface area contributed by atoms with Gasteiger partial charge in [0.15, 0.2) is 0 Å². The predicted molar refractivity (Wildman–Crippen MR) is 137 cm³/mol. The number of halogens is 1. The van der Waals surface area contributed by atoms with Crippen LogP contribution in [0.2, 0.25) is 5.05 Å². The average Bonchev–Trinajstić information content (AvgIpc) is 2.74. The lowest BCUT2D eigenvalue weighted by molar-refractivity contribution is 0.519. The molecule has 0 aliphatic carbocycles. The van der Waals surface area contributed by atoms with E-state index in [4.69, 9.17) is 0 Å². The van der Waals surface area contributed by atoms with E-state index in [1.807, 2.05) is 0 Å². The Labute approximate surface area is 198 Å². The van der Waals surface area contributed by atoms with Gasteiger partial charge in [-0.3, -0.25) is 0 Å². The van der Waals surface area contributed by atoms with Crippen molar-refractivity contribution in [1.29, 1.82) is 0 Å². The van der Waals surface area contributed by atoms with Crippen molar-refractivity contribution in [3.63, 3.8) is 0 Å². The van der Waals surface area contributed by atoms with Crippen molar-refractivity contribution in [3.8, 4) is 0 Å². The third-order valence-corrected chi connectivity index (χ3v) is 8.81. The summed E-state index contributed by atoms with van der Waals surface area (Å²) in [5.41, 5.74) is 1.58. The largest absolute Gasteiger partial charge is 0.376 e. The van der Waals surface area contributed by atoms with E-state index in [0.29, 0.717) is 3.54 Å². The molecule has 0 aliphatic rings.